The minimum Gasteiger partial charge on any atom is -0.480 e. The molecule has 0 fully saturated rings. The first-order valence-electron chi connectivity index (χ1n) is 5.19. The summed E-state index contributed by atoms with van der Waals surface area (Å²) in [5, 5.41) is 10.7. The van der Waals surface area contributed by atoms with E-state index >= 15 is 0 Å². The Morgan fingerprint density at radius 3 is 2.53 bits per heavy atom. The van der Waals surface area contributed by atoms with Crippen molar-refractivity contribution in [3.8, 4) is 0 Å². The zero-order valence-corrected chi connectivity index (χ0v) is 9.55. The van der Waals surface area contributed by atoms with Crippen molar-refractivity contribution >= 4 is 11.9 Å². The van der Waals surface area contributed by atoms with E-state index in [4.69, 9.17) is 9.84 Å². The monoisotopic (exact) mass is 237 g/mol. The van der Waals surface area contributed by atoms with E-state index < -0.39 is 24.5 Å². The van der Waals surface area contributed by atoms with E-state index in [9.17, 15) is 9.59 Å². The predicted molar refractivity (Wildman–Crippen MR) is 61.6 cm³/mol. The number of carboxylic acids is 1. The SMILES string of the molecule is COC(Cc1ccccc1)C(=O)NCC(=O)O. The van der Waals surface area contributed by atoms with E-state index in [1.54, 1.807) is 0 Å². The molecule has 1 aromatic rings. The second-order valence-corrected chi connectivity index (χ2v) is 3.53. The van der Waals surface area contributed by atoms with E-state index in [2.05, 4.69) is 5.32 Å². The molecule has 2 N–H and O–H groups in total. The number of hydrogen-bond donors (Lipinski definition) is 2. The van der Waals surface area contributed by atoms with Crippen molar-refractivity contribution < 1.29 is 19.4 Å². The number of aliphatic carboxylic acids is 1. The number of hydrogen-bond acceptors (Lipinski definition) is 3. The normalized spacial score (nSPS) is 11.8. The molecule has 0 saturated carbocycles. The second kappa shape index (κ2) is 6.65. The molecule has 0 aliphatic heterocycles. The molecule has 0 bridgehead atoms. The summed E-state index contributed by atoms with van der Waals surface area (Å²) in [7, 11) is 1.42. The van der Waals surface area contributed by atoms with Gasteiger partial charge < -0.3 is 15.2 Å². The van der Waals surface area contributed by atoms with E-state index in [0.29, 0.717) is 6.42 Å². The van der Waals surface area contributed by atoms with Crippen LogP contribution in [-0.2, 0) is 20.7 Å². The first-order valence-corrected chi connectivity index (χ1v) is 5.19. The van der Waals surface area contributed by atoms with Crippen molar-refractivity contribution in [3.63, 3.8) is 0 Å². The van der Waals surface area contributed by atoms with Gasteiger partial charge in [0.25, 0.3) is 0 Å². The van der Waals surface area contributed by atoms with Gasteiger partial charge in [-0.1, -0.05) is 30.3 Å². The molecule has 5 heteroatoms. The number of carboxylic acid groups (broad SMARTS) is 1. The number of methoxy groups -OCH3 is 1. The fourth-order valence-corrected chi connectivity index (χ4v) is 1.39. The zero-order valence-electron chi connectivity index (χ0n) is 9.55. The maximum absolute atomic E-state index is 11.6. The van der Waals surface area contributed by atoms with Gasteiger partial charge in [-0.3, -0.25) is 9.59 Å². The summed E-state index contributed by atoms with van der Waals surface area (Å²) < 4.78 is 5.04. The second-order valence-electron chi connectivity index (χ2n) is 3.53. The minimum atomic E-state index is -1.08. The molecule has 1 amide bonds. The van der Waals surface area contributed by atoms with Crippen LogP contribution in [0, 0.1) is 0 Å². The van der Waals surface area contributed by atoms with Crippen LogP contribution < -0.4 is 5.32 Å². The molecule has 1 aromatic carbocycles. The lowest BCUT2D eigenvalue weighted by atomic mass is 10.1. The maximum Gasteiger partial charge on any atom is 0.322 e. The van der Waals surface area contributed by atoms with Gasteiger partial charge >= 0.3 is 5.97 Å². The summed E-state index contributed by atoms with van der Waals surface area (Å²) in [6.07, 6.45) is -0.250. The lowest BCUT2D eigenvalue weighted by molar-refractivity contribution is -0.140. The highest BCUT2D eigenvalue weighted by molar-refractivity contribution is 5.84. The zero-order chi connectivity index (χ0) is 12.7. The third kappa shape index (κ3) is 4.65. The van der Waals surface area contributed by atoms with Gasteiger partial charge in [-0.15, -0.1) is 0 Å². The van der Waals surface area contributed by atoms with Gasteiger partial charge in [0.1, 0.15) is 12.6 Å². The van der Waals surface area contributed by atoms with E-state index in [0.717, 1.165) is 5.56 Å². The Kier molecular flexibility index (Phi) is 5.16. The van der Waals surface area contributed by atoms with Crippen molar-refractivity contribution in [1.29, 1.82) is 0 Å². The third-order valence-corrected chi connectivity index (χ3v) is 2.25. The molecule has 0 aromatic heterocycles. The average Bonchev–Trinajstić information content (AvgIpc) is 2.34. The molecule has 0 aliphatic rings. The summed E-state index contributed by atoms with van der Waals surface area (Å²) in [5.74, 6) is -1.49. The Hall–Kier alpha value is -1.88. The third-order valence-electron chi connectivity index (χ3n) is 2.25. The summed E-state index contributed by atoms with van der Waals surface area (Å²) >= 11 is 0. The van der Waals surface area contributed by atoms with Crippen molar-refractivity contribution in [2.75, 3.05) is 13.7 Å². The van der Waals surface area contributed by atoms with Gasteiger partial charge in [-0.2, -0.15) is 0 Å². The van der Waals surface area contributed by atoms with Crippen molar-refractivity contribution in [3.05, 3.63) is 35.9 Å². The minimum absolute atomic E-state index is 0.395. The lowest BCUT2D eigenvalue weighted by Gasteiger charge is -2.14. The topological polar surface area (TPSA) is 75.6 Å². The number of benzene rings is 1. The number of ether oxygens (including phenoxy) is 1. The van der Waals surface area contributed by atoms with Gasteiger partial charge in [0, 0.05) is 13.5 Å². The van der Waals surface area contributed by atoms with E-state index in [-0.39, 0.29) is 0 Å². The van der Waals surface area contributed by atoms with Gasteiger partial charge in [-0.25, -0.2) is 0 Å². The summed E-state index contributed by atoms with van der Waals surface area (Å²) in [4.78, 5) is 21.9. The predicted octanol–water partition coefficient (Wildman–Crippen LogP) is 0.445. The van der Waals surface area contributed by atoms with Crippen LogP contribution in [-0.4, -0.2) is 36.7 Å². The summed E-state index contributed by atoms with van der Waals surface area (Å²) in [6.45, 7) is -0.395. The Labute approximate surface area is 99.4 Å². The van der Waals surface area contributed by atoms with E-state index in [1.165, 1.54) is 7.11 Å². The van der Waals surface area contributed by atoms with Crippen LogP contribution in [0.1, 0.15) is 5.56 Å². The van der Waals surface area contributed by atoms with Crippen LogP contribution in [0.25, 0.3) is 0 Å². The number of nitrogens with one attached hydrogen (secondary N) is 1. The largest absolute Gasteiger partial charge is 0.480 e. The van der Waals surface area contributed by atoms with Gasteiger partial charge in [0.2, 0.25) is 5.91 Å². The van der Waals surface area contributed by atoms with Crippen LogP contribution >= 0.6 is 0 Å². The fourth-order valence-electron chi connectivity index (χ4n) is 1.39. The van der Waals surface area contributed by atoms with Crippen LogP contribution in [0.15, 0.2) is 30.3 Å². The van der Waals surface area contributed by atoms with Gasteiger partial charge in [0.05, 0.1) is 0 Å². The highest BCUT2D eigenvalue weighted by Crippen LogP contribution is 2.05. The molecule has 0 aliphatic carbocycles. The van der Waals surface area contributed by atoms with Crippen LogP contribution in [0.4, 0.5) is 0 Å². The quantitative estimate of drug-likeness (QED) is 0.753. The molecular formula is C12H15NO4. The lowest BCUT2D eigenvalue weighted by Crippen LogP contribution is -2.39. The molecule has 1 unspecified atom stereocenters. The molecule has 0 spiro atoms. The molecule has 0 radical (unpaired) electrons. The molecule has 0 saturated heterocycles. The van der Waals surface area contributed by atoms with Crippen molar-refractivity contribution in [1.82, 2.24) is 5.32 Å². The van der Waals surface area contributed by atoms with Crippen LogP contribution in [0.3, 0.4) is 0 Å². The summed E-state index contributed by atoms with van der Waals surface area (Å²) in [6, 6.07) is 9.40. The highest BCUT2D eigenvalue weighted by atomic mass is 16.5. The Morgan fingerprint density at radius 2 is 2.00 bits per heavy atom. The molecule has 1 atom stereocenters. The number of rotatable bonds is 6. The molecule has 5 nitrogen and oxygen atoms in total. The summed E-state index contributed by atoms with van der Waals surface area (Å²) in [5.41, 5.74) is 0.963. The molecule has 17 heavy (non-hydrogen) atoms. The average molecular weight is 237 g/mol. The van der Waals surface area contributed by atoms with Gasteiger partial charge in [0.15, 0.2) is 0 Å². The van der Waals surface area contributed by atoms with Gasteiger partial charge in [-0.05, 0) is 5.56 Å². The Bertz CT molecular complexity index is 377. The van der Waals surface area contributed by atoms with E-state index in [1.807, 2.05) is 30.3 Å². The molecule has 0 heterocycles. The number of carbonyl (C=O) groups excluding carboxylic acids is 1. The number of carbonyl (C=O) groups is 2. The fraction of sp³-hybridized carbons (Fsp3) is 0.333. The molecule has 1 rings (SSSR count). The van der Waals surface area contributed by atoms with Crippen LogP contribution in [0.2, 0.25) is 0 Å². The van der Waals surface area contributed by atoms with Crippen molar-refractivity contribution in [2.45, 2.75) is 12.5 Å². The first-order chi connectivity index (χ1) is 8.13. The highest BCUT2D eigenvalue weighted by Gasteiger charge is 2.18. The molecule has 92 valence electrons. The Balaban J connectivity index is 2.53. The van der Waals surface area contributed by atoms with Crippen molar-refractivity contribution in [2.24, 2.45) is 0 Å². The first kappa shape index (κ1) is 13.2. The maximum atomic E-state index is 11.6. The number of amides is 1. The van der Waals surface area contributed by atoms with Crippen LogP contribution in [0.5, 0.6) is 0 Å². The smallest absolute Gasteiger partial charge is 0.322 e. The Morgan fingerprint density at radius 1 is 1.35 bits per heavy atom. The molecular weight excluding hydrogens is 222 g/mol. The standard InChI is InChI=1S/C12H15NO4/c1-17-10(12(16)13-8-11(14)15)7-9-5-3-2-4-6-9/h2-6,10H,7-8H2,1H3,(H,13,16)(H,14,15).